The van der Waals surface area contributed by atoms with Gasteiger partial charge in [0.25, 0.3) is 0 Å². The van der Waals surface area contributed by atoms with Crippen LogP contribution in [0.5, 0.6) is 5.75 Å². The lowest BCUT2D eigenvalue weighted by Crippen LogP contribution is -2.43. The molecule has 9 heteroatoms. The van der Waals surface area contributed by atoms with Crippen LogP contribution < -0.4 is 4.74 Å². The first kappa shape index (κ1) is 23.3. The zero-order valence-electron chi connectivity index (χ0n) is 19.5. The molecule has 1 aromatic heterocycles. The predicted molar refractivity (Wildman–Crippen MR) is 125 cm³/mol. The molecule has 3 aromatic rings. The van der Waals surface area contributed by atoms with Crippen molar-refractivity contribution in [3.8, 4) is 5.75 Å². The van der Waals surface area contributed by atoms with Crippen LogP contribution in [-0.2, 0) is 21.4 Å². The number of amides is 1. The maximum atomic E-state index is 13.3. The van der Waals surface area contributed by atoms with Gasteiger partial charge in [0.15, 0.2) is 0 Å². The Kier molecular flexibility index (Phi) is 6.28. The molecule has 34 heavy (non-hydrogen) atoms. The van der Waals surface area contributed by atoms with Crippen molar-refractivity contribution in [1.82, 2.24) is 9.47 Å². The van der Waals surface area contributed by atoms with E-state index in [2.05, 4.69) is 0 Å². The number of para-hydroxylation sites is 1. The molecular weight excluding hydrogens is 438 g/mol. The molecule has 9 nitrogen and oxygen atoms in total. The number of nitro groups is 1. The number of hydrogen-bond donors (Lipinski definition) is 0. The zero-order chi connectivity index (χ0) is 24.6. The topological polar surface area (TPSA) is 104 Å². The van der Waals surface area contributed by atoms with Crippen LogP contribution in [0.4, 0.5) is 0 Å². The summed E-state index contributed by atoms with van der Waals surface area (Å²) in [5.74, 6) is -1.41. The number of likely N-dealkylation sites (tertiary alicyclic amines) is 1. The molecule has 178 valence electrons. The third kappa shape index (κ3) is 3.76. The number of esters is 1. The van der Waals surface area contributed by atoms with E-state index >= 15 is 0 Å². The first-order valence-corrected chi connectivity index (χ1v) is 11.1. The van der Waals surface area contributed by atoms with E-state index in [1.165, 1.54) is 18.9 Å². The van der Waals surface area contributed by atoms with Crippen molar-refractivity contribution in [3.05, 3.63) is 76.0 Å². The van der Waals surface area contributed by atoms with Crippen LogP contribution in [0, 0.1) is 10.1 Å². The number of methoxy groups -OCH3 is 1. The van der Waals surface area contributed by atoms with Crippen LogP contribution >= 0.6 is 0 Å². The summed E-state index contributed by atoms with van der Waals surface area (Å²) in [5.41, 5.74) is 2.07. The van der Waals surface area contributed by atoms with Crippen molar-refractivity contribution in [2.75, 3.05) is 13.7 Å². The van der Waals surface area contributed by atoms with Gasteiger partial charge in [0.2, 0.25) is 11.9 Å². The van der Waals surface area contributed by atoms with Crippen molar-refractivity contribution in [3.63, 3.8) is 0 Å². The van der Waals surface area contributed by atoms with Gasteiger partial charge in [-0.25, -0.2) is 4.79 Å². The fraction of sp³-hybridized carbons (Fsp3) is 0.360. The Morgan fingerprint density at radius 1 is 1.12 bits per heavy atom. The van der Waals surface area contributed by atoms with E-state index in [4.69, 9.17) is 9.47 Å². The average Bonchev–Trinajstić information content (AvgIpc) is 3.35. The van der Waals surface area contributed by atoms with Crippen molar-refractivity contribution in [1.29, 1.82) is 0 Å². The highest BCUT2D eigenvalue weighted by atomic mass is 16.6. The molecule has 0 N–H and O–H groups in total. The lowest BCUT2D eigenvalue weighted by atomic mass is 9.85. The van der Waals surface area contributed by atoms with Crippen molar-refractivity contribution in [2.45, 2.75) is 37.9 Å². The maximum absolute atomic E-state index is 13.3. The average molecular weight is 466 g/mol. The molecule has 0 unspecified atom stereocenters. The van der Waals surface area contributed by atoms with Crippen LogP contribution in [0.2, 0.25) is 0 Å². The lowest BCUT2D eigenvalue weighted by molar-refractivity contribution is -0.528. The number of benzene rings is 2. The molecule has 0 bridgehead atoms. The molecule has 0 aliphatic carbocycles. The Hall–Kier alpha value is -3.88. The first-order valence-electron chi connectivity index (χ1n) is 11.1. The highest BCUT2D eigenvalue weighted by Crippen LogP contribution is 2.49. The van der Waals surface area contributed by atoms with Gasteiger partial charge >= 0.3 is 5.97 Å². The number of nitrogens with zero attached hydrogens (tertiary/aromatic N) is 3. The van der Waals surface area contributed by atoms with Gasteiger partial charge in [-0.3, -0.25) is 14.9 Å². The molecule has 4 atom stereocenters. The van der Waals surface area contributed by atoms with Gasteiger partial charge in [0.05, 0.1) is 19.6 Å². The molecule has 4 rings (SSSR count). The Labute approximate surface area is 197 Å². The summed E-state index contributed by atoms with van der Waals surface area (Å²) < 4.78 is 12.4. The number of carbonyl (C=O) groups is 2. The van der Waals surface area contributed by atoms with Crippen LogP contribution in [0.1, 0.15) is 36.9 Å². The third-order valence-electron chi connectivity index (χ3n) is 6.51. The summed E-state index contributed by atoms with van der Waals surface area (Å²) in [6.45, 7) is 3.09. The van der Waals surface area contributed by atoms with E-state index in [0.29, 0.717) is 16.9 Å². The van der Waals surface area contributed by atoms with Gasteiger partial charge < -0.3 is 18.9 Å². The molecule has 1 saturated heterocycles. The minimum atomic E-state index is -1.27. The number of carbonyl (C=O) groups excluding carboxylic acids is 2. The molecule has 0 saturated carbocycles. The largest absolute Gasteiger partial charge is 0.497 e. The van der Waals surface area contributed by atoms with Gasteiger partial charge in [-0.1, -0.05) is 30.3 Å². The monoisotopic (exact) mass is 465 g/mol. The second-order valence-electron chi connectivity index (χ2n) is 8.36. The maximum Gasteiger partial charge on any atom is 0.329 e. The second kappa shape index (κ2) is 9.17. The number of hydrogen-bond acceptors (Lipinski definition) is 6. The number of ether oxygens (including phenoxy) is 2. The van der Waals surface area contributed by atoms with Gasteiger partial charge in [0.1, 0.15) is 17.8 Å². The summed E-state index contributed by atoms with van der Waals surface area (Å²) in [7, 11) is 3.38. The minimum absolute atomic E-state index is 0.0969. The van der Waals surface area contributed by atoms with Crippen LogP contribution in [0.15, 0.2) is 54.7 Å². The summed E-state index contributed by atoms with van der Waals surface area (Å²) in [4.78, 5) is 39.8. The first-order chi connectivity index (χ1) is 16.3. The second-order valence-corrected chi connectivity index (χ2v) is 8.36. The fourth-order valence-electron chi connectivity index (χ4n) is 5.17. The molecule has 1 aliphatic heterocycles. The molecule has 1 fully saturated rings. The van der Waals surface area contributed by atoms with E-state index < -0.39 is 35.9 Å². The van der Waals surface area contributed by atoms with Gasteiger partial charge in [-0.2, -0.15) is 0 Å². The smallest absolute Gasteiger partial charge is 0.329 e. The minimum Gasteiger partial charge on any atom is -0.497 e. The normalized spacial score (nSPS) is 22.1. The van der Waals surface area contributed by atoms with Crippen LogP contribution in [0.25, 0.3) is 10.9 Å². The van der Waals surface area contributed by atoms with Crippen molar-refractivity contribution >= 4 is 22.8 Å². The third-order valence-corrected chi connectivity index (χ3v) is 6.51. The Morgan fingerprint density at radius 3 is 2.38 bits per heavy atom. The van der Waals surface area contributed by atoms with Gasteiger partial charge in [-0.05, 0) is 36.2 Å². The van der Waals surface area contributed by atoms with Crippen molar-refractivity contribution < 1.29 is 24.0 Å². The Morgan fingerprint density at radius 2 is 1.79 bits per heavy atom. The Balaban J connectivity index is 1.98. The number of aromatic nitrogens is 1. The van der Waals surface area contributed by atoms with E-state index in [0.717, 1.165) is 10.9 Å². The zero-order valence-corrected chi connectivity index (χ0v) is 19.5. The van der Waals surface area contributed by atoms with Crippen molar-refractivity contribution in [2.24, 2.45) is 7.05 Å². The molecular formula is C25H27N3O6. The van der Waals surface area contributed by atoms with E-state index in [-0.39, 0.29) is 11.5 Å². The fourth-order valence-corrected chi connectivity index (χ4v) is 5.17. The van der Waals surface area contributed by atoms with E-state index in [1.54, 1.807) is 31.2 Å². The molecule has 0 spiro atoms. The Bertz CT molecular complexity index is 1240. The summed E-state index contributed by atoms with van der Waals surface area (Å²) in [5, 5.41) is 13.4. The van der Waals surface area contributed by atoms with Crippen LogP contribution in [-0.4, -0.2) is 52.1 Å². The molecule has 0 radical (unpaired) electrons. The summed E-state index contributed by atoms with van der Waals surface area (Å²) in [6, 6.07) is 10.9. The quantitative estimate of drug-likeness (QED) is 0.314. The summed E-state index contributed by atoms with van der Waals surface area (Å²) in [6.07, 6.45) is 1.81. The number of aryl methyl sites for hydroxylation is 1. The van der Waals surface area contributed by atoms with E-state index in [9.17, 15) is 19.7 Å². The highest BCUT2D eigenvalue weighted by molar-refractivity contribution is 5.90. The van der Waals surface area contributed by atoms with E-state index in [1.807, 2.05) is 42.1 Å². The predicted octanol–water partition coefficient (Wildman–Crippen LogP) is 3.45. The highest BCUT2D eigenvalue weighted by Gasteiger charge is 2.61. The SMILES string of the molecule is CCOC(=O)[C@@H]1[C@H](c2cn(C)c3ccccc23)[C@H]([N+](=O)[O-])[C@@H](c2ccc(OC)cc2)N1C(C)=O. The molecule has 2 heterocycles. The summed E-state index contributed by atoms with van der Waals surface area (Å²) >= 11 is 0. The lowest BCUT2D eigenvalue weighted by Gasteiger charge is -2.28. The molecule has 2 aromatic carbocycles. The van der Waals surface area contributed by atoms with Gasteiger partial charge in [-0.15, -0.1) is 0 Å². The van der Waals surface area contributed by atoms with Crippen LogP contribution in [0.3, 0.4) is 0 Å². The molecule has 1 aliphatic rings. The number of rotatable bonds is 6. The standard InChI is InChI=1S/C25H27N3O6/c1-5-34-25(30)24-21(19-14-26(3)20-9-7-6-8-18(19)20)23(28(31)32)22(27(24)15(2)29)16-10-12-17(33-4)13-11-16/h6-14,21-24H,5H2,1-4H3/t21-,22-,23+,24+/m1/s1. The van der Waals surface area contributed by atoms with Gasteiger partial charge in [0, 0.05) is 36.0 Å². The number of fused-ring (bicyclic) bond motifs is 1. The molecule has 1 amide bonds.